The van der Waals surface area contributed by atoms with Crippen LogP contribution in [-0.4, -0.2) is 60.1 Å². The Bertz CT molecular complexity index is 909. The average Bonchev–Trinajstić information content (AvgIpc) is 3.17. The van der Waals surface area contributed by atoms with E-state index in [1.165, 1.54) is 5.56 Å². The third kappa shape index (κ3) is 5.65. The van der Waals surface area contributed by atoms with Crippen LogP contribution < -0.4 is 10.2 Å². The van der Waals surface area contributed by atoms with Crippen molar-refractivity contribution in [1.82, 2.24) is 15.2 Å². The summed E-state index contributed by atoms with van der Waals surface area (Å²) < 4.78 is 5.78. The number of hydrogen-bond acceptors (Lipinski definition) is 5. The largest absolute Gasteiger partial charge is 0.372 e. The van der Waals surface area contributed by atoms with Gasteiger partial charge >= 0.3 is 0 Å². The number of morpholine rings is 1. The van der Waals surface area contributed by atoms with E-state index in [1.54, 1.807) is 4.90 Å². The van der Waals surface area contributed by atoms with Crippen molar-refractivity contribution in [3.05, 3.63) is 59.8 Å². The lowest BCUT2D eigenvalue weighted by Crippen LogP contribution is -2.45. The number of rotatable bonds is 7. The highest BCUT2D eigenvalue weighted by Crippen LogP contribution is 2.20. The van der Waals surface area contributed by atoms with Crippen LogP contribution in [-0.2, 0) is 27.3 Å². The predicted octanol–water partition coefficient (Wildman–Crippen LogP) is 2.40. The first-order valence-corrected chi connectivity index (χ1v) is 11.4. The number of aromatic nitrogens is 1. The first-order chi connectivity index (χ1) is 15.5. The normalized spacial score (nSPS) is 23.4. The number of amides is 2. The molecule has 1 N–H and O–H groups in total. The number of benzene rings is 1. The Morgan fingerprint density at radius 2 is 1.81 bits per heavy atom. The van der Waals surface area contributed by atoms with Gasteiger partial charge in [0.15, 0.2) is 0 Å². The molecule has 1 aromatic carbocycles. The molecule has 0 aliphatic carbocycles. The van der Waals surface area contributed by atoms with Crippen LogP contribution >= 0.6 is 0 Å². The molecule has 1 aromatic heterocycles. The second kappa shape index (κ2) is 10.1. The number of hydrogen-bond donors (Lipinski definition) is 1. The Hall–Kier alpha value is -2.93. The standard InChI is InChI=1S/C25H32N4O3/c1-18-15-29(16-19(2)32-18)23-9-8-21(13-26-23)14-27-25(31)22-12-24(30)28(17-22)11-10-20-6-4-3-5-7-20/h3-9,13,18-19,22H,10-12,14-17H2,1-2H3,(H,27,31). The predicted molar refractivity (Wildman–Crippen MR) is 123 cm³/mol. The number of likely N-dealkylation sites (tertiary alicyclic amines) is 1. The Morgan fingerprint density at radius 3 is 2.50 bits per heavy atom. The smallest absolute Gasteiger partial charge is 0.225 e. The van der Waals surface area contributed by atoms with E-state index in [9.17, 15) is 9.59 Å². The minimum absolute atomic E-state index is 0.0565. The molecule has 2 aliphatic heterocycles. The highest BCUT2D eigenvalue weighted by molar-refractivity contribution is 5.89. The molecule has 2 fully saturated rings. The molecule has 3 heterocycles. The van der Waals surface area contributed by atoms with Crippen molar-refractivity contribution in [3.63, 3.8) is 0 Å². The summed E-state index contributed by atoms with van der Waals surface area (Å²) in [5, 5.41) is 2.98. The fraction of sp³-hybridized carbons (Fsp3) is 0.480. The van der Waals surface area contributed by atoms with Gasteiger partial charge in [-0.1, -0.05) is 36.4 Å². The molecule has 3 unspecified atom stereocenters. The van der Waals surface area contributed by atoms with E-state index in [0.717, 1.165) is 30.9 Å². The van der Waals surface area contributed by atoms with E-state index in [1.807, 2.05) is 36.5 Å². The Balaban J connectivity index is 1.24. The molecule has 170 valence electrons. The van der Waals surface area contributed by atoms with E-state index in [2.05, 4.69) is 41.2 Å². The minimum atomic E-state index is -0.290. The fourth-order valence-corrected chi connectivity index (χ4v) is 4.48. The summed E-state index contributed by atoms with van der Waals surface area (Å²) in [5.41, 5.74) is 2.15. The van der Waals surface area contributed by atoms with Gasteiger partial charge in [-0.2, -0.15) is 0 Å². The van der Waals surface area contributed by atoms with E-state index in [4.69, 9.17) is 4.74 Å². The molecule has 0 radical (unpaired) electrons. The zero-order valence-electron chi connectivity index (χ0n) is 18.9. The summed E-state index contributed by atoms with van der Waals surface area (Å²) in [6, 6.07) is 14.1. The van der Waals surface area contributed by atoms with Crippen LogP contribution in [0.4, 0.5) is 5.82 Å². The van der Waals surface area contributed by atoms with Crippen molar-refractivity contribution in [2.75, 3.05) is 31.1 Å². The third-order valence-corrected chi connectivity index (χ3v) is 6.12. The Morgan fingerprint density at radius 1 is 1.06 bits per heavy atom. The number of anilines is 1. The molecule has 2 amide bonds. The van der Waals surface area contributed by atoms with Crippen LogP contribution in [0.15, 0.2) is 48.7 Å². The first kappa shape index (κ1) is 22.3. The monoisotopic (exact) mass is 436 g/mol. The number of pyridine rings is 1. The van der Waals surface area contributed by atoms with Crippen LogP contribution in [0.3, 0.4) is 0 Å². The lowest BCUT2D eigenvalue weighted by Gasteiger charge is -2.36. The lowest BCUT2D eigenvalue weighted by molar-refractivity contribution is -0.129. The van der Waals surface area contributed by atoms with Crippen molar-refractivity contribution >= 4 is 17.6 Å². The maximum Gasteiger partial charge on any atom is 0.225 e. The van der Waals surface area contributed by atoms with Gasteiger partial charge in [0.25, 0.3) is 0 Å². The molecule has 2 saturated heterocycles. The van der Waals surface area contributed by atoms with Gasteiger partial charge in [-0.05, 0) is 37.5 Å². The van der Waals surface area contributed by atoms with E-state index in [0.29, 0.717) is 19.6 Å². The second-order valence-electron chi connectivity index (χ2n) is 8.88. The van der Waals surface area contributed by atoms with Crippen LogP contribution in [0.1, 0.15) is 31.4 Å². The highest BCUT2D eigenvalue weighted by atomic mass is 16.5. The quantitative estimate of drug-likeness (QED) is 0.722. The van der Waals surface area contributed by atoms with E-state index in [-0.39, 0.29) is 36.4 Å². The van der Waals surface area contributed by atoms with Gasteiger partial charge in [-0.25, -0.2) is 4.98 Å². The maximum atomic E-state index is 12.6. The molecule has 2 aromatic rings. The second-order valence-corrected chi connectivity index (χ2v) is 8.88. The number of nitrogens with one attached hydrogen (secondary N) is 1. The molecular formula is C25H32N4O3. The minimum Gasteiger partial charge on any atom is -0.372 e. The number of carbonyl (C=O) groups is 2. The van der Waals surface area contributed by atoms with Gasteiger partial charge < -0.3 is 19.9 Å². The van der Waals surface area contributed by atoms with Gasteiger partial charge in [0.05, 0.1) is 18.1 Å². The van der Waals surface area contributed by atoms with Crippen LogP contribution in [0.5, 0.6) is 0 Å². The molecule has 7 nitrogen and oxygen atoms in total. The topological polar surface area (TPSA) is 74.8 Å². The molecule has 7 heteroatoms. The summed E-state index contributed by atoms with van der Waals surface area (Å²) in [6.07, 6.45) is 3.26. The van der Waals surface area contributed by atoms with Crippen LogP contribution in [0.2, 0.25) is 0 Å². The number of ether oxygens (including phenoxy) is 1. The van der Waals surface area contributed by atoms with E-state index < -0.39 is 0 Å². The molecule has 32 heavy (non-hydrogen) atoms. The third-order valence-electron chi connectivity index (χ3n) is 6.12. The van der Waals surface area contributed by atoms with Gasteiger partial charge in [0, 0.05) is 45.3 Å². The fourth-order valence-electron chi connectivity index (χ4n) is 4.48. The SMILES string of the molecule is CC1CN(c2ccc(CNC(=O)C3CC(=O)N(CCc4ccccc4)C3)cn2)CC(C)O1. The summed E-state index contributed by atoms with van der Waals surface area (Å²) >= 11 is 0. The van der Waals surface area contributed by atoms with E-state index >= 15 is 0 Å². The highest BCUT2D eigenvalue weighted by Gasteiger charge is 2.33. The molecule has 0 saturated carbocycles. The maximum absolute atomic E-state index is 12.6. The van der Waals surface area contributed by atoms with Crippen molar-refractivity contribution in [1.29, 1.82) is 0 Å². The lowest BCUT2D eigenvalue weighted by atomic mass is 10.1. The van der Waals surface area contributed by atoms with Crippen LogP contribution in [0.25, 0.3) is 0 Å². The zero-order chi connectivity index (χ0) is 22.5. The first-order valence-electron chi connectivity index (χ1n) is 11.4. The Kier molecular flexibility index (Phi) is 7.05. The van der Waals surface area contributed by atoms with Crippen molar-refractivity contribution in [2.45, 2.75) is 45.4 Å². The van der Waals surface area contributed by atoms with Crippen LogP contribution in [0, 0.1) is 5.92 Å². The molecule has 2 aliphatic rings. The molecule has 4 rings (SSSR count). The van der Waals surface area contributed by atoms with Gasteiger partial charge in [-0.3, -0.25) is 9.59 Å². The van der Waals surface area contributed by atoms with Crippen molar-refractivity contribution in [3.8, 4) is 0 Å². The van der Waals surface area contributed by atoms with Gasteiger partial charge in [-0.15, -0.1) is 0 Å². The van der Waals surface area contributed by atoms with Crippen molar-refractivity contribution < 1.29 is 14.3 Å². The summed E-state index contributed by atoms with van der Waals surface area (Å²) in [5.74, 6) is 0.626. The molecule has 0 spiro atoms. The number of nitrogens with zero attached hydrogens (tertiary/aromatic N) is 3. The molecule has 0 bridgehead atoms. The summed E-state index contributed by atoms with van der Waals surface area (Å²) in [7, 11) is 0. The zero-order valence-corrected chi connectivity index (χ0v) is 18.9. The van der Waals surface area contributed by atoms with Crippen molar-refractivity contribution in [2.24, 2.45) is 5.92 Å². The Labute approximate surface area is 189 Å². The summed E-state index contributed by atoms with van der Waals surface area (Å²) in [4.78, 5) is 33.6. The van der Waals surface area contributed by atoms with Gasteiger partial charge in [0.2, 0.25) is 11.8 Å². The molecular weight excluding hydrogens is 404 g/mol. The number of carbonyl (C=O) groups excluding carboxylic acids is 2. The molecule has 3 atom stereocenters. The summed E-state index contributed by atoms with van der Waals surface area (Å²) in [6.45, 7) is 7.34. The van der Waals surface area contributed by atoms with Gasteiger partial charge in [0.1, 0.15) is 5.82 Å². The average molecular weight is 437 g/mol.